The average Bonchev–Trinajstić information content (AvgIpc) is 2.61. The fourth-order valence-corrected chi connectivity index (χ4v) is 3.40. The van der Waals surface area contributed by atoms with Gasteiger partial charge < -0.3 is 16.0 Å². The summed E-state index contributed by atoms with van der Waals surface area (Å²) in [7, 11) is 0. The topological polar surface area (TPSA) is 75.4 Å². The number of nitrogens with two attached hydrogens (primary N) is 1. The molecule has 2 aromatic carbocycles. The van der Waals surface area contributed by atoms with Crippen LogP contribution in [-0.2, 0) is 16.0 Å². The molecule has 2 amide bonds. The Balaban J connectivity index is 1.94. The molecule has 0 fully saturated rings. The van der Waals surface area contributed by atoms with Crippen LogP contribution < -0.4 is 16.0 Å². The molecule has 0 saturated carbocycles. The molecule has 5 nitrogen and oxygen atoms in total. The average molecular weight is 337 g/mol. The number of amides is 2. The fraction of sp³-hybridized carbons (Fsp3) is 0.300. The van der Waals surface area contributed by atoms with E-state index < -0.39 is 0 Å². The standard InChI is InChI=1S/C20H23N3O2/c1-13-6-7-17-10-16(8-9-19(17)23(13)14(2)24)15-4-3-5-18(11-15)22-20(25)12-21/h3-5,8-11,13H,6-7,12,21H2,1-2H3,(H,22,25)/t13-/m0/s1. The van der Waals surface area contributed by atoms with Crippen molar-refractivity contribution >= 4 is 23.2 Å². The second-order valence-corrected chi connectivity index (χ2v) is 6.45. The van der Waals surface area contributed by atoms with Crippen molar-refractivity contribution in [3.63, 3.8) is 0 Å². The van der Waals surface area contributed by atoms with Gasteiger partial charge in [-0.3, -0.25) is 9.59 Å². The van der Waals surface area contributed by atoms with Crippen LogP contribution in [0.3, 0.4) is 0 Å². The lowest BCUT2D eigenvalue weighted by atomic mass is 9.93. The number of anilines is 2. The molecule has 3 N–H and O–H groups in total. The molecule has 0 saturated heterocycles. The van der Waals surface area contributed by atoms with Gasteiger partial charge in [0.1, 0.15) is 0 Å². The summed E-state index contributed by atoms with van der Waals surface area (Å²) in [5, 5.41) is 2.78. The van der Waals surface area contributed by atoms with Crippen molar-refractivity contribution in [3.8, 4) is 11.1 Å². The number of carbonyl (C=O) groups is 2. The van der Waals surface area contributed by atoms with Crippen LogP contribution in [0.5, 0.6) is 0 Å². The van der Waals surface area contributed by atoms with Crippen molar-refractivity contribution in [3.05, 3.63) is 48.0 Å². The molecular weight excluding hydrogens is 314 g/mol. The first-order chi connectivity index (χ1) is 12.0. The second-order valence-electron chi connectivity index (χ2n) is 6.45. The number of aryl methyl sites for hydroxylation is 1. The molecule has 3 rings (SSSR count). The maximum Gasteiger partial charge on any atom is 0.238 e. The van der Waals surface area contributed by atoms with Crippen molar-refractivity contribution in [2.75, 3.05) is 16.8 Å². The van der Waals surface area contributed by atoms with E-state index in [0.29, 0.717) is 0 Å². The van der Waals surface area contributed by atoms with Gasteiger partial charge in [-0.1, -0.05) is 18.2 Å². The smallest absolute Gasteiger partial charge is 0.238 e. The Morgan fingerprint density at radius 1 is 1.20 bits per heavy atom. The zero-order valence-electron chi connectivity index (χ0n) is 14.6. The maximum absolute atomic E-state index is 12.0. The fourth-order valence-electron chi connectivity index (χ4n) is 3.40. The molecule has 1 aliphatic heterocycles. The minimum atomic E-state index is -0.214. The highest BCUT2D eigenvalue weighted by molar-refractivity contribution is 5.94. The third-order valence-electron chi connectivity index (χ3n) is 4.62. The van der Waals surface area contributed by atoms with Gasteiger partial charge in [-0.25, -0.2) is 0 Å². The Morgan fingerprint density at radius 2 is 1.96 bits per heavy atom. The van der Waals surface area contributed by atoms with E-state index in [1.54, 1.807) is 6.92 Å². The van der Waals surface area contributed by atoms with Gasteiger partial charge in [-0.05, 0) is 60.7 Å². The Bertz CT molecular complexity index is 816. The number of hydrogen-bond acceptors (Lipinski definition) is 3. The van der Waals surface area contributed by atoms with E-state index in [4.69, 9.17) is 5.73 Å². The molecule has 130 valence electrons. The number of hydrogen-bond donors (Lipinski definition) is 2. The number of fused-ring (bicyclic) bond motifs is 1. The highest BCUT2D eigenvalue weighted by atomic mass is 16.2. The van der Waals surface area contributed by atoms with Crippen molar-refractivity contribution < 1.29 is 9.59 Å². The van der Waals surface area contributed by atoms with Gasteiger partial charge in [0.05, 0.1) is 6.54 Å². The molecule has 0 aromatic heterocycles. The molecule has 1 atom stereocenters. The number of carbonyl (C=O) groups excluding carboxylic acids is 2. The van der Waals surface area contributed by atoms with Gasteiger partial charge >= 0.3 is 0 Å². The van der Waals surface area contributed by atoms with Crippen LogP contribution >= 0.6 is 0 Å². The van der Waals surface area contributed by atoms with E-state index in [9.17, 15) is 9.59 Å². The first-order valence-electron chi connectivity index (χ1n) is 8.52. The van der Waals surface area contributed by atoms with Crippen LogP contribution in [0.15, 0.2) is 42.5 Å². The lowest BCUT2D eigenvalue weighted by molar-refractivity contribution is -0.117. The van der Waals surface area contributed by atoms with E-state index in [2.05, 4.69) is 18.3 Å². The lowest BCUT2D eigenvalue weighted by Gasteiger charge is -2.34. The van der Waals surface area contributed by atoms with Gasteiger partial charge in [0.25, 0.3) is 0 Å². The number of rotatable bonds is 3. The lowest BCUT2D eigenvalue weighted by Crippen LogP contribution is -2.40. The van der Waals surface area contributed by atoms with Crippen LogP contribution in [0.2, 0.25) is 0 Å². The molecule has 0 spiro atoms. The maximum atomic E-state index is 12.0. The summed E-state index contributed by atoms with van der Waals surface area (Å²) in [5.74, 6) is -0.138. The summed E-state index contributed by atoms with van der Waals surface area (Å²) in [6.45, 7) is 3.66. The van der Waals surface area contributed by atoms with Gasteiger partial charge in [0.15, 0.2) is 0 Å². The molecule has 0 unspecified atom stereocenters. The van der Waals surface area contributed by atoms with Crippen molar-refractivity contribution in [1.82, 2.24) is 0 Å². The molecule has 0 bridgehead atoms. The minimum absolute atomic E-state index is 0.0395. The SMILES string of the molecule is CC(=O)N1c2ccc(-c3cccc(NC(=O)CN)c3)cc2CC[C@@H]1C. The molecule has 5 heteroatoms. The van der Waals surface area contributed by atoms with Crippen LogP contribution in [0.4, 0.5) is 11.4 Å². The minimum Gasteiger partial charge on any atom is -0.325 e. The van der Waals surface area contributed by atoms with Crippen molar-refractivity contribution in [2.45, 2.75) is 32.7 Å². The third kappa shape index (κ3) is 3.56. The molecular formula is C20H23N3O2. The first-order valence-corrected chi connectivity index (χ1v) is 8.52. The predicted molar refractivity (Wildman–Crippen MR) is 101 cm³/mol. The van der Waals surface area contributed by atoms with E-state index >= 15 is 0 Å². The van der Waals surface area contributed by atoms with E-state index in [0.717, 1.165) is 35.3 Å². The summed E-state index contributed by atoms with van der Waals surface area (Å²) < 4.78 is 0. The molecule has 0 aliphatic carbocycles. The Labute approximate surface area is 147 Å². The van der Waals surface area contributed by atoms with Gasteiger partial charge in [0, 0.05) is 24.3 Å². The number of nitrogens with zero attached hydrogens (tertiary/aromatic N) is 1. The normalized spacial score (nSPS) is 16.3. The van der Waals surface area contributed by atoms with E-state index in [1.165, 1.54) is 5.56 Å². The highest BCUT2D eigenvalue weighted by Crippen LogP contribution is 2.34. The largest absolute Gasteiger partial charge is 0.325 e. The Morgan fingerprint density at radius 3 is 2.68 bits per heavy atom. The quantitative estimate of drug-likeness (QED) is 0.904. The van der Waals surface area contributed by atoms with Crippen LogP contribution in [0.1, 0.15) is 25.8 Å². The summed E-state index contributed by atoms with van der Waals surface area (Å²) in [6.07, 6.45) is 1.92. The summed E-state index contributed by atoms with van der Waals surface area (Å²) in [4.78, 5) is 25.3. The van der Waals surface area contributed by atoms with Crippen molar-refractivity contribution in [2.24, 2.45) is 5.73 Å². The summed E-state index contributed by atoms with van der Waals surface area (Å²) >= 11 is 0. The summed E-state index contributed by atoms with van der Waals surface area (Å²) in [6, 6.07) is 14.1. The zero-order valence-corrected chi connectivity index (χ0v) is 14.6. The third-order valence-corrected chi connectivity index (χ3v) is 4.62. The van der Waals surface area contributed by atoms with Crippen LogP contribution in [-0.4, -0.2) is 24.4 Å². The second kappa shape index (κ2) is 7.07. The Kier molecular flexibility index (Phi) is 4.86. The van der Waals surface area contributed by atoms with E-state index in [1.807, 2.05) is 41.3 Å². The highest BCUT2D eigenvalue weighted by Gasteiger charge is 2.26. The van der Waals surface area contributed by atoms with Gasteiger partial charge in [-0.15, -0.1) is 0 Å². The summed E-state index contributed by atoms with van der Waals surface area (Å²) in [5.41, 5.74) is 10.4. The first kappa shape index (κ1) is 17.2. The van der Waals surface area contributed by atoms with Crippen molar-refractivity contribution in [1.29, 1.82) is 0 Å². The van der Waals surface area contributed by atoms with Gasteiger partial charge in [-0.2, -0.15) is 0 Å². The molecule has 25 heavy (non-hydrogen) atoms. The monoisotopic (exact) mass is 337 g/mol. The van der Waals surface area contributed by atoms with Crippen LogP contribution in [0.25, 0.3) is 11.1 Å². The molecule has 1 aliphatic rings. The molecule has 2 aromatic rings. The molecule has 0 radical (unpaired) electrons. The number of nitrogens with one attached hydrogen (secondary N) is 1. The Hall–Kier alpha value is -2.66. The molecule has 1 heterocycles. The zero-order chi connectivity index (χ0) is 18.0. The predicted octanol–water partition coefficient (Wildman–Crippen LogP) is 2.94. The van der Waals surface area contributed by atoms with E-state index in [-0.39, 0.29) is 24.4 Å². The number of benzene rings is 2. The van der Waals surface area contributed by atoms with Crippen LogP contribution in [0, 0.1) is 0 Å². The van der Waals surface area contributed by atoms with Gasteiger partial charge in [0.2, 0.25) is 11.8 Å².